The van der Waals surface area contributed by atoms with Gasteiger partial charge in [0.05, 0.1) is 0 Å². The number of hydrogen-bond donors (Lipinski definition) is 1. The van der Waals surface area contributed by atoms with Crippen molar-refractivity contribution in [1.29, 1.82) is 0 Å². The summed E-state index contributed by atoms with van der Waals surface area (Å²) in [7, 11) is -3.23. The molecule has 2 aromatic carbocycles. The van der Waals surface area contributed by atoms with Gasteiger partial charge in [-0.05, 0) is 0 Å². The molecule has 7 heteroatoms. The Morgan fingerprint density at radius 3 is 1.74 bits per heavy atom. The SMILES string of the molecule is O=[Se](=O)(O)O[PH](c1ccccc1)(c1ccccc1)c1ccc[se]1. The second-order valence-electron chi connectivity index (χ2n) is 4.90. The second-order valence-corrected chi connectivity index (χ2v) is 13.8. The van der Waals surface area contributed by atoms with Crippen molar-refractivity contribution >= 4 is 50.1 Å². The Morgan fingerprint density at radius 2 is 1.35 bits per heavy atom. The van der Waals surface area contributed by atoms with Crippen LogP contribution in [0.15, 0.2) is 77.7 Å². The number of rotatable bonds is 5. The van der Waals surface area contributed by atoms with Gasteiger partial charge in [0.15, 0.2) is 0 Å². The van der Waals surface area contributed by atoms with Crippen LogP contribution in [-0.4, -0.2) is 32.1 Å². The molecule has 0 spiro atoms. The molecule has 0 atom stereocenters. The molecule has 3 aromatic rings. The molecule has 0 aliphatic carbocycles. The van der Waals surface area contributed by atoms with Crippen molar-refractivity contribution in [3.8, 4) is 0 Å². The van der Waals surface area contributed by atoms with Crippen molar-refractivity contribution in [2.24, 2.45) is 0 Å². The third kappa shape index (κ3) is 3.55. The third-order valence-corrected chi connectivity index (χ3v) is 13.8. The summed E-state index contributed by atoms with van der Waals surface area (Å²) in [6.07, 6.45) is 0. The standard InChI is InChI=1S/C16H15O4PSe2/c17-23(18,19)20-21(16-12-7-13-22-16,14-8-3-1-4-9-14)15-10-5-2-6-11-15/h1-13,21H,(H,17,18,19). The van der Waals surface area contributed by atoms with Crippen LogP contribution >= 0.6 is 7.49 Å². The minimum absolute atomic E-state index is 0.000352. The Balaban J connectivity index is 2.35. The third-order valence-electron chi connectivity index (χ3n) is 3.46. The van der Waals surface area contributed by atoms with Crippen LogP contribution in [0.25, 0.3) is 0 Å². The van der Waals surface area contributed by atoms with Crippen LogP contribution < -0.4 is 14.8 Å². The fourth-order valence-electron chi connectivity index (χ4n) is 2.57. The van der Waals surface area contributed by atoms with Gasteiger partial charge in [-0.25, -0.2) is 0 Å². The van der Waals surface area contributed by atoms with E-state index in [9.17, 15) is 11.9 Å². The van der Waals surface area contributed by atoms with Crippen LogP contribution in [0.1, 0.15) is 0 Å². The Labute approximate surface area is 143 Å². The first-order valence-electron chi connectivity index (χ1n) is 6.85. The molecule has 0 fully saturated rings. The average Bonchev–Trinajstić information content (AvgIpc) is 3.08. The number of benzene rings is 2. The summed E-state index contributed by atoms with van der Waals surface area (Å²) in [4.78, 5) is 2.03. The zero-order chi connectivity index (χ0) is 16.3. The summed E-state index contributed by atoms with van der Waals surface area (Å²) < 4.78 is 39.5. The first-order valence-corrected chi connectivity index (χ1v) is 13.5. The first-order chi connectivity index (χ1) is 11.0. The van der Waals surface area contributed by atoms with Crippen molar-refractivity contribution < 1.29 is 15.5 Å². The van der Waals surface area contributed by atoms with Crippen LogP contribution in [-0.2, 0) is 11.3 Å². The number of hydrogen-bond acceptors (Lipinski definition) is 3. The summed E-state index contributed by atoms with van der Waals surface area (Å²) in [5.74, 6) is 0. The molecule has 120 valence electrons. The molecule has 0 aliphatic heterocycles. The molecule has 0 radical (unpaired) electrons. The van der Waals surface area contributed by atoms with E-state index in [1.807, 2.05) is 77.7 Å². The van der Waals surface area contributed by atoms with Crippen LogP contribution in [0, 0.1) is 0 Å². The summed E-state index contributed by atoms with van der Waals surface area (Å²) >= 11 is -5.41. The van der Waals surface area contributed by atoms with Crippen LogP contribution in [0.5, 0.6) is 0 Å². The van der Waals surface area contributed by atoms with Crippen LogP contribution in [0.2, 0.25) is 0 Å². The topological polar surface area (TPSA) is 63.6 Å². The van der Waals surface area contributed by atoms with E-state index in [1.54, 1.807) is 0 Å². The van der Waals surface area contributed by atoms with Crippen molar-refractivity contribution in [2.75, 3.05) is 0 Å². The molecule has 0 saturated carbocycles. The molecule has 1 N–H and O–H groups in total. The molecule has 0 saturated heterocycles. The van der Waals surface area contributed by atoms with Crippen molar-refractivity contribution in [3.63, 3.8) is 0 Å². The Hall–Kier alpha value is -1.09. The molecule has 1 aromatic heterocycles. The summed E-state index contributed by atoms with van der Waals surface area (Å²) in [5, 5.41) is 1.62. The van der Waals surface area contributed by atoms with Gasteiger partial charge in [-0.15, -0.1) is 0 Å². The Morgan fingerprint density at radius 1 is 0.826 bits per heavy atom. The minimum atomic E-state index is -5.41. The van der Waals surface area contributed by atoms with E-state index >= 15 is 0 Å². The predicted octanol–water partition coefficient (Wildman–Crippen LogP) is 0.990. The average molecular weight is 460 g/mol. The molecular formula is C16H15O4PSe2. The predicted molar refractivity (Wildman–Crippen MR) is 93.9 cm³/mol. The van der Waals surface area contributed by atoms with Gasteiger partial charge in [-0.3, -0.25) is 0 Å². The first kappa shape index (κ1) is 16.8. The van der Waals surface area contributed by atoms with E-state index in [0.717, 1.165) is 14.8 Å². The fourth-order valence-corrected chi connectivity index (χ4v) is 14.6. The molecule has 0 amide bonds. The summed E-state index contributed by atoms with van der Waals surface area (Å²) in [6, 6.07) is 22.5. The molecule has 23 heavy (non-hydrogen) atoms. The van der Waals surface area contributed by atoms with E-state index in [0.29, 0.717) is 0 Å². The summed E-state index contributed by atoms with van der Waals surface area (Å²) in [6.45, 7) is 0. The van der Waals surface area contributed by atoms with E-state index in [4.69, 9.17) is 3.61 Å². The zero-order valence-corrected chi connectivity index (χ0v) is 16.4. The quantitative estimate of drug-likeness (QED) is 0.456. The van der Waals surface area contributed by atoms with Crippen molar-refractivity contribution in [1.82, 2.24) is 0 Å². The molecule has 0 unspecified atom stereocenters. The van der Waals surface area contributed by atoms with E-state index in [1.165, 1.54) is 0 Å². The van der Waals surface area contributed by atoms with E-state index < -0.39 is 20.9 Å². The zero-order valence-electron chi connectivity index (χ0n) is 12.0. The van der Waals surface area contributed by atoms with Gasteiger partial charge in [0.25, 0.3) is 0 Å². The monoisotopic (exact) mass is 462 g/mol. The molecular weight excluding hydrogens is 445 g/mol. The van der Waals surface area contributed by atoms with E-state index in [-0.39, 0.29) is 14.5 Å². The van der Waals surface area contributed by atoms with Crippen LogP contribution in [0.4, 0.5) is 0 Å². The molecule has 0 bridgehead atoms. The van der Waals surface area contributed by atoms with Crippen molar-refractivity contribution in [3.05, 3.63) is 77.7 Å². The molecule has 1 heterocycles. The second kappa shape index (κ2) is 6.80. The Bertz CT molecular complexity index is 823. The molecule has 0 aliphatic rings. The van der Waals surface area contributed by atoms with Gasteiger partial charge < -0.3 is 0 Å². The van der Waals surface area contributed by atoms with Crippen molar-refractivity contribution in [2.45, 2.75) is 0 Å². The molecule has 4 nitrogen and oxygen atoms in total. The van der Waals surface area contributed by atoms with Gasteiger partial charge >= 0.3 is 143 Å². The van der Waals surface area contributed by atoms with E-state index in [2.05, 4.69) is 0 Å². The van der Waals surface area contributed by atoms with Crippen LogP contribution in [0.3, 0.4) is 0 Å². The van der Waals surface area contributed by atoms with Gasteiger partial charge in [-0.2, -0.15) is 0 Å². The fraction of sp³-hybridized carbons (Fsp3) is 0. The van der Waals surface area contributed by atoms with Gasteiger partial charge in [0, 0.05) is 0 Å². The van der Waals surface area contributed by atoms with Gasteiger partial charge in [-0.1, -0.05) is 0 Å². The molecule has 3 rings (SSSR count). The van der Waals surface area contributed by atoms with Gasteiger partial charge in [0.2, 0.25) is 0 Å². The van der Waals surface area contributed by atoms with Gasteiger partial charge in [0.1, 0.15) is 0 Å². The Kier molecular flexibility index (Phi) is 4.95. The normalized spacial score (nSPS) is 12.9. The maximum atomic E-state index is 11.8. The maximum absolute atomic E-state index is 11.8. The summed E-state index contributed by atoms with van der Waals surface area (Å²) in [5.41, 5.74) is 0.